The predicted octanol–water partition coefficient (Wildman–Crippen LogP) is 4.02. The molecule has 0 atom stereocenters. The fourth-order valence-electron chi connectivity index (χ4n) is 3.31. The van der Waals surface area contributed by atoms with Gasteiger partial charge in [0.25, 0.3) is 0 Å². The van der Waals surface area contributed by atoms with Crippen molar-refractivity contribution in [3.05, 3.63) is 70.8 Å². The minimum Gasteiger partial charge on any atom is -0.465 e. The molecule has 1 saturated heterocycles. The lowest BCUT2D eigenvalue weighted by molar-refractivity contribution is -0.130. The predicted molar refractivity (Wildman–Crippen MR) is 116 cm³/mol. The Bertz CT molecular complexity index is 951. The second-order valence-corrected chi connectivity index (χ2v) is 7.43. The highest BCUT2D eigenvalue weighted by Crippen LogP contribution is 2.24. The molecule has 0 aromatic heterocycles. The van der Waals surface area contributed by atoms with Gasteiger partial charge in [0.2, 0.25) is 11.8 Å². The standard InChI is InChI=1S/C23H23ClN2O4/c1-30-23(29)19-15-18(8-9-20(19)24)25-22(28)17-11-13-26(14-12-17)21(27)10-7-16-5-3-2-4-6-16/h2-10,15,17H,11-14H2,1H3,(H,25,28). The Hall–Kier alpha value is -3.12. The number of esters is 1. The van der Waals surface area contributed by atoms with Gasteiger partial charge in [-0.1, -0.05) is 41.9 Å². The Morgan fingerprint density at radius 3 is 2.47 bits per heavy atom. The summed E-state index contributed by atoms with van der Waals surface area (Å²) >= 11 is 6.01. The first kappa shape index (κ1) is 21.6. The number of hydrogen-bond donors (Lipinski definition) is 1. The van der Waals surface area contributed by atoms with E-state index in [1.165, 1.54) is 13.2 Å². The molecule has 0 saturated carbocycles. The SMILES string of the molecule is COC(=O)c1cc(NC(=O)C2CCN(C(=O)C=Cc3ccccc3)CC2)ccc1Cl. The molecule has 156 valence electrons. The van der Waals surface area contributed by atoms with Gasteiger partial charge in [-0.2, -0.15) is 0 Å². The van der Waals surface area contributed by atoms with E-state index in [9.17, 15) is 14.4 Å². The normalized spacial score (nSPS) is 14.5. The van der Waals surface area contributed by atoms with Gasteiger partial charge in [-0.15, -0.1) is 0 Å². The average molecular weight is 427 g/mol. The molecule has 1 heterocycles. The molecule has 1 N–H and O–H groups in total. The average Bonchev–Trinajstić information content (AvgIpc) is 2.79. The first-order chi connectivity index (χ1) is 14.5. The summed E-state index contributed by atoms with van der Waals surface area (Å²) < 4.78 is 4.70. The third-order valence-corrected chi connectivity index (χ3v) is 5.36. The molecule has 1 aliphatic heterocycles. The number of rotatable bonds is 5. The molecule has 0 unspecified atom stereocenters. The number of nitrogens with one attached hydrogen (secondary N) is 1. The number of methoxy groups -OCH3 is 1. The van der Waals surface area contributed by atoms with Crippen LogP contribution in [0.25, 0.3) is 6.08 Å². The number of ether oxygens (including phenoxy) is 1. The van der Waals surface area contributed by atoms with Crippen molar-refractivity contribution in [2.24, 2.45) is 5.92 Å². The van der Waals surface area contributed by atoms with Crippen LogP contribution in [0.1, 0.15) is 28.8 Å². The number of hydrogen-bond acceptors (Lipinski definition) is 4. The fraction of sp³-hybridized carbons (Fsp3) is 0.261. The summed E-state index contributed by atoms with van der Waals surface area (Å²) in [7, 11) is 1.27. The number of carbonyl (C=O) groups excluding carboxylic acids is 3. The minimum absolute atomic E-state index is 0.0573. The summed E-state index contributed by atoms with van der Waals surface area (Å²) in [5.74, 6) is -0.964. The summed E-state index contributed by atoms with van der Waals surface area (Å²) in [5.41, 5.74) is 1.64. The number of benzene rings is 2. The number of likely N-dealkylation sites (tertiary alicyclic amines) is 1. The van der Waals surface area contributed by atoms with Gasteiger partial charge >= 0.3 is 5.97 Å². The van der Waals surface area contributed by atoms with Crippen molar-refractivity contribution >= 4 is 41.1 Å². The van der Waals surface area contributed by atoms with Crippen molar-refractivity contribution in [2.75, 3.05) is 25.5 Å². The molecule has 3 rings (SSSR count). The highest BCUT2D eigenvalue weighted by atomic mass is 35.5. The van der Waals surface area contributed by atoms with Crippen LogP contribution in [-0.4, -0.2) is 42.9 Å². The molecule has 0 aliphatic carbocycles. The largest absolute Gasteiger partial charge is 0.465 e. The summed E-state index contributed by atoms with van der Waals surface area (Å²) in [6.07, 6.45) is 4.51. The van der Waals surface area contributed by atoms with E-state index in [1.54, 1.807) is 29.2 Å². The van der Waals surface area contributed by atoms with Crippen LogP contribution in [0.2, 0.25) is 5.02 Å². The molecular weight excluding hydrogens is 404 g/mol. The van der Waals surface area contributed by atoms with Crippen molar-refractivity contribution in [2.45, 2.75) is 12.8 Å². The number of nitrogens with zero attached hydrogens (tertiary/aromatic N) is 1. The topological polar surface area (TPSA) is 75.7 Å². The number of anilines is 1. The highest BCUT2D eigenvalue weighted by Gasteiger charge is 2.27. The molecule has 1 aliphatic rings. The van der Waals surface area contributed by atoms with Crippen LogP contribution in [0, 0.1) is 5.92 Å². The number of piperidine rings is 1. The maximum Gasteiger partial charge on any atom is 0.339 e. The summed E-state index contributed by atoms with van der Waals surface area (Å²) in [6.45, 7) is 1.04. The van der Waals surface area contributed by atoms with Crippen molar-refractivity contribution in [3.63, 3.8) is 0 Å². The van der Waals surface area contributed by atoms with Crippen LogP contribution < -0.4 is 5.32 Å². The minimum atomic E-state index is -0.563. The van der Waals surface area contributed by atoms with Gasteiger partial charge in [0.15, 0.2) is 0 Å². The molecule has 6 nitrogen and oxygen atoms in total. The lowest BCUT2D eigenvalue weighted by Gasteiger charge is -2.30. The molecule has 0 bridgehead atoms. The van der Waals surface area contributed by atoms with Crippen LogP contribution in [-0.2, 0) is 14.3 Å². The zero-order valence-electron chi connectivity index (χ0n) is 16.6. The molecule has 1 fully saturated rings. The van der Waals surface area contributed by atoms with E-state index < -0.39 is 5.97 Å². The van der Waals surface area contributed by atoms with E-state index in [2.05, 4.69) is 5.32 Å². The highest BCUT2D eigenvalue weighted by molar-refractivity contribution is 6.33. The van der Waals surface area contributed by atoms with E-state index in [0.717, 1.165) is 5.56 Å². The summed E-state index contributed by atoms with van der Waals surface area (Å²) in [5, 5.41) is 3.09. The number of halogens is 1. The molecule has 2 amide bonds. The van der Waals surface area contributed by atoms with Gasteiger partial charge in [-0.3, -0.25) is 9.59 Å². The zero-order valence-corrected chi connectivity index (χ0v) is 17.4. The summed E-state index contributed by atoms with van der Waals surface area (Å²) in [6, 6.07) is 14.3. The lowest BCUT2D eigenvalue weighted by atomic mass is 9.95. The molecule has 7 heteroatoms. The van der Waals surface area contributed by atoms with Crippen molar-refractivity contribution in [1.29, 1.82) is 0 Å². The van der Waals surface area contributed by atoms with Crippen molar-refractivity contribution in [3.8, 4) is 0 Å². The van der Waals surface area contributed by atoms with Gasteiger partial charge in [-0.25, -0.2) is 4.79 Å². The van der Waals surface area contributed by atoms with Gasteiger partial charge in [0.05, 0.1) is 17.7 Å². The van der Waals surface area contributed by atoms with Crippen LogP contribution in [0.3, 0.4) is 0 Å². The Morgan fingerprint density at radius 1 is 1.10 bits per heavy atom. The Morgan fingerprint density at radius 2 is 1.80 bits per heavy atom. The van der Waals surface area contributed by atoms with Gasteiger partial charge in [-0.05, 0) is 42.7 Å². The number of amides is 2. The van der Waals surface area contributed by atoms with Crippen LogP contribution in [0.4, 0.5) is 5.69 Å². The van der Waals surface area contributed by atoms with Gasteiger partial charge in [0.1, 0.15) is 0 Å². The summed E-state index contributed by atoms with van der Waals surface area (Å²) in [4.78, 5) is 38.5. The monoisotopic (exact) mass is 426 g/mol. The molecule has 2 aromatic rings. The lowest BCUT2D eigenvalue weighted by Crippen LogP contribution is -2.40. The maximum absolute atomic E-state index is 12.6. The smallest absolute Gasteiger partial charge is 0.339 e. The molecular formula is C23H23ClN2O4. The van der Waals surface area contributed by atoms with Crippen LogP contribution >= 0.6 is 11.6 Å². The molecule has 2 aromatic carbocycles. The third kappa shape index (κ3) is 5.48. The van der Waals surface area contributed by atoms with Gasteiger partial charge in [0, 0.05) is 30.8 Å². The zero-order chi connectivity index (χ0) is 21.5. The molecule has 30 heavy (non-hydrogen) atoms. The Balaban J connectivity index is 1.53. The van der Waals surface area contributed by atoms with Crippen molar-refractivity contribution in [1.82, 2.24) is 4.90 Å². The quantitative estimate of drug-likeness (QED) is 0.578. The fourth-order valence-corrected chi connectivity index (χ4v) is 3.51. The third-order valence-electron chi connectivity index (χ3n) is 5.03. The molecule has 0 radical (unpaired) electrons. The first-order valence-corrected chi connectivity index (χ1v) is 10.1. The van der Waals surface area contributed by atoms with E-state index in [4.69, 9.17) is 16.3 Å². The van der Waals surface area contributed by atoms with E-state index in [0.29, 0.717) is 31.6 Å². The Labute approximate surface area is 180 Å². The van der Waals surface area contributed by atoms with E-state index in [1.807, 2.05) is 30.3 Å². The van der Waals surface area contributed by atoms with Crippen LogP contribution in [0.15, 0.2) is 54.6 Å². The molecule has 0 spiro atoms. The number of carbonyl (C=O) groups is 3. The van der Waals surface area contributed by atoms with Gasteiger partial charge < -0.3 is 15.0 Å². The Kier molecular flexibility index (Phi) is 7.25. The van der Waals surface area contributed by atoms with Crippen molar-refractivity contribution < 1.29 is 19.1 Å². The van der Waals surface area contributed by atoms with E-state index in [-0.39, 0.29) is 28.3 Å². The second kappa shape index (κ2) is 10.1. The van der Waals surface area contributed by atoms with Crippen LogP contribution in [0.5, 0.6) is 0 Å². The second-order valence-electron chi connectivity index (χ2n) is 7.02. The first-order valence-electron chi connectivity index (χ1n) is 9.68. The van der Waals surface area contributed by atoms with E-state index >= 15 is 0 Å². The maximum atomic E-state index is 12.6.